The van der Waals surface area contributed by atoms with Gasteiger partial charge in [-0.15, -0.1) is 0 Å². The number of hydrogen-bond acceptors (Lipinski definition) is 10. The van der Waals surface area contributed by atoms with E-state index in [1.165, 1.54) is 35.3 Å². The minimum absolute atomic E-state index is 0.0168. The minimum Gasteiger partial charge on any atom is -0.503 e. The Morgan fingerprint density at radius 3 is 2.21 bits per heavy atom. The molecule has 278 valence electrons. The van der Waals surface area contributed by atoms with Gasteiger partial charge in [0.25, 0.3) is 5.56 Å². The lowest BCUT2D eigenvalue weighted by Gasteiger charge is -2.58. The van der Waals surface area contributed by atoms with Gasteiger partial charge in [-0.1, -0.05) is 19.9 Å². The number of nitrogens with zero attached hydrogens (tertiary/aromatic N) is 5. The Morgan fingerprint density at radius 2 is 1.55 bits per heavy atom. The summed E-state index contributed by atoms with van der Waals surface area (Å²) in [5.74, 6) is -0.207. The molecule has 4 atom stereocenters. The van der Waals surface area contributed by atoms with Gasteiger partial charge in [-0.05, 0) is 70.6 Å². The van der Waals surface area contributed by atoms with Gasteiger partial charge < -0.3 is 23.9 Å². The summed E-state index contributed by atoms with van der Waals surface area (Å²) in [6.07, 6.45) is 1.93. The SMILES string of the molecule is COc1cc2nc(CCn3c(=O)n4n(c3=O)[C@@H]3C[C@@]5(C)C(=O)C(C)=C(C)C(=O)[C@@]5(C)[C@@H](c5cc(Br)c(O)c(OC)c5)C3=CC4)c(=O)n(C)c2cc1OC. The number of methoxy groups -OCH3 is 3. The molecule has 1 fully saturated rings. The average Bonchev–Trinajstić information content (AvgIpc) is 3.39. The zero-order valence-corrected chi connectivity index (χ0v) is 32.3. The summed E-state index contributed by atoms with van der Waals surface area (Å²) in [7, 11) is 6.03. The number of carbonyl (C=O) groups excluding carboxylic acids is 2. The normalized spacial score (nSPS) is 23.8. The highest BCUT2D eigenvalue weighted by Crippen LogP contribution is 2.66. The highest BCUT2D eigenvalue weighted by atomic mass is 79.9. The molecule has 3 heterocycles. The van der Waals surface area contributed by atoms with Gasteiger partial charge in [0.05, 0.1) is 54.8 Å². The van der Waals surface area contributed by atoms with Crippen LogP contribution in [0.15, 0.2) is 65.9 Å². The van der Waals surface area contributed by atoms with Crippen molar-refractivity contribution in [3.63, 3.8) is 0 Å². The molecule has 0 spiro atoms. The molecule has 7 rings (SSSR count). The summed E-state index contributed by atoms with van der Waals surface area (Å²) in [4.78, 5) is 75.3. The first-order valence-corrected chi connectivity index (χ1v) is 17.9. The monoisotopic (exact) mass is 789 g/mol. The molecule has 3 aliphatic rings. The molecule has 2 aromatic carbocycles. The van der Waals surface area contributed by atoms with E-state index in [-0.39, 0.29) is 60.2 Å². The van der Waals surface area contributed by atoms with E-state index in [9.17, 15) is 29.1 Å². The van der Waals surface area contributed by atoms with E-state index in [4.69, 9.17) is 14.2 Å². The van der Waals surface area contributed by atoms with Crippen molar-refractivity contribution in [3.8, 4) is 23.0 Å². The van der Waals surface area contributed by atoms with Gasteiger partial charge in [0.1, 0.15) is 5.69 Å². The van der Waals surface area contributed by atoms with E-state index in [1.807, 2.05) is 6.08 Å². The fourth-order valence-electron chi connectivity index (χ4n) is 8.82. The van der Waals surface area contributed by atoms with Crippen molar-refractivity contribution in [1.82, 2.24) is 23.5 Å². The van der Waals surface area contributed by atoms with E-state index in [0.717, 1.165) is 4.57 Å². The van der Waals surface area contributed by atoms with E-state index >= 15 is 0 Å². The third-order valence-electron chi connectivity index (χ3n) is 12.0. The summed E-state index contributed by atoms with van der Waals surface area (Å²) in [5.41, 5.74) is -0.952. The fourth-order valence-corrected chi connectivity index (χ4v) is 9.28. The number of halogens is 1. The van der Waals surface area contributed by atoms with Crippen LogP contribution in [0.5, 0.6) is 23.0 Å². The largest absolute Gasteiger partial charge is 0.503 e. The maximum absolute atomic E-state index is 14.5. The lowest BCUT2D eigenvalue weighted by atomic mass is 9.43. The number of phenolic OH excluding ortho intramolecular Hbond substituents is 1. The maximum Gasteiger partial charge on any atom is 0.347 e. The number of rotatable bonds is 7. The molecule has 2 aromatic heterocycles. The Bertz CT molecular complexity index is 2540. The molecule has 0 saturated heterocycles. The first kappa shape index (κ1) is 36.2. The van der Waals surface area contributed by atoms with Crippen molar-refractivity contribution in [2.24, 2.45) is 17.9 Å². The Morgan fingerprint density at radius 1 is 0.906 bits per heavy atom. The molecule has 1 saturated carbocycles. The molecule has 0 radical (unpaired) electrons. The van der Waals surface area contributed by atoms with Gasteiger partial charge in [-0.25, -0.2) is 28.5 Å². The highest BCUT2D eigenvalue weighted by Gasteiger charge is 2.66. The van der Waals surface area contributed by atoms with Crippen LogP contribution in [-0.4, -0.2) is 61.5 Å². The number of aromatic hydroxyl groups is 1. The number of phenols is 1. The number of aromatic nitrogens is 5. The molecule has 14 nitrogen and oxygen atoms in total. The predicted molar refractivity (Wildman–Crippen MR) is 198 cm³/mol. The van der Waals surface area contributed by atoms with Crippen LogP contribution < -0.4 is 31.1 Å². The van der Waals surface area contributed by atoms with Crippen LogP contribution in [0.2, 0.25) is 0 Å². The van der Waals surface area contributed by atoms with Gasteiger partial charge in [-0.2, -0.15) is 0 Å². The Labute approximate surface area is 312 Å². The summed E-state index contributed by atoms with van der Waals surface area (Å²) in [6.45, 7) is 6.78. The molecule has 0 unspecified atom stereocenters. The Kier molecular flexibility index (Phi) is 8.51. The van der Waals surface area contributed by atoms with Gasteiger partial charge in [-0.3, -0.25) is 14.4 Å². The third kappa shape index (κ3) is 4.88. The zero-order chi connectivity index (χ0) is 38.5. The van der Waals surface area contributed by atoms with E-state index in [0.29, 0.717) is 49.3 Å². The molecule has 4 aromatic rings. The van der Waals surface area contributed by atoms with Crippen LogP contribution in [0.25, 0.3) is 11.0 Å². The maximum atomic E-state index is 14.5. The lowest BCUT2D eigenvalue weighted by molar-refractivity contribution is -0.151. The van der Waals surface area contributed by atoms with Gasteiger partial charge in [0, 0.05) is 43.5 Å². The van der Waals surface area contributed by atoms with E-state index < -0.39 is 34.2 Å². The van der Waals surface area contributed by atoms with E-state index in [2.05, 4.69) is 20.9 Å². The van der Waals surface area contributed by atoms with Crippen LogP contribution in [0.1, 0.15) is 57.3 Å². The predicted octanol–water partition coefficient (Wildman–Crippen LogP) is 3.96. The number of carbonyl (C=O) groups is 2. The van der Waals surface area contributed by atoms with Crippen molar-refractivity contribution in [1.29, 1.82) is 0 Å². The van der Waals surface area contributed by atoms with Gasteiger partial charge in [0.2, 0.25) is 0 Å². The van der Waals surface area contributed by atoms with Gasteiger partial charge >= 0.3 is 11.4 Å². The highest BCUT2D eigenvalue weighted by molar-refractivity contribution is 9.10. The molecule has 1 N–H and O–H groups in total. The molecule has 53 heavy (non-hydrogen) atoms. The van der Waals surface area contributed by atoms with Crippen molar-refractivity contribution >= 4 is 38.5 Å². The quantitative estimate of drug-likeness (QED) is 0.271. The number of Topliss-reactive ketones (excluding diaryl/α,β-unsaturated/α-hetero) is 2. The van der Waals surface area contributed by atoms with Crippen molar-refractivity contribution in [3.05, 3.63) is 94.1 Å². The third-order valence-corrected chi connectivity index (χ3v) is 12.6. The smallest absolute Gasteiger partial charge is 0.347 e. The Hall–Kier alpha value is -5.18. The number of benzene rings is 2. The average molecular weight is 791 g/mol. The summed E-state index contributed by atoms with van der Waals surface area (Å²) in [6, 6.07) is 5.90. The minimum atomic E-state index is -1.29. The fraction of sp³-hybridized carbons (Fsp3) is 0.421. The van der Waals surface area contributed by atoms with Crippen molar-refractivity contribution in [2.45, 2.75) is 65.6 Å². The summed E-state index contributed by atoms with van der Waals surface area (Å²) < 4.78 is 21.9. The second-order valence-corrected chi connectivity index (χ2v) is 15.2. The number of fused-ring (bicyclic) bond motifs is 5. The van der Waals surface area contributed by atoms with E-state index in [1.54, 1.807) is 59.0 Å². The molecular formula is C38H40BrN5O9. The molecule has 2 aliphatic carbocycles. The molecule has 0 amide bonds. The number of ketones is 2. The van der Waals surface area contributed by atoms with Crippen LogP contribution in [0.4, 0.5) is 0 Å². The summed E-state index contributed by atoms with van der Waals surface area (Å²) >= 11 is 3.43. The van der Waals surface area contributed by atoms with Gasteiger partial charge in [0.15, 0.2) is 34.6 Å². The van der Waals surface area contributed by atoms with Crippen LogP contribution in [-0.2, 0) is 36.1 Å². The number of ether oxygens (including phenoxy) is 3. The standard InChI is InChI=1S/C38H40BrN5O9/c1-18-19(2)33(47)38(4)30(20-13-22(39)31(45)29(14-20)53-8)21-9-12-43-35(49)42(36(50)44(43)26(21)17-37(38,3)32(18)46)11-10-23-34(48)41(5)25-16-28(52-7)27(51-6)15-24(25)40-23/h9,13-16,26,30,45H,10-12,17H2,1-8H3/t26-,30+,37+,38-/m1/s1. The molecule has 1 aliphatic heterocycles. The van der Waals surface area contributed by atoms with Crippen LogP contribution >= 0.6 is 15.9 Å². The molecule has 15 heteroatoms. The Balaban J connectivity index is 1.35. The first-order valence-electron chi connectivity index (χ1n) is 17.1. The topological polar surface area (TPSA) is 166 Å². The molecule has 0 bridgehead atoms. The summed E-state index contributed by atoms with van der Waals surface area (Å²) in [5, 5.41) is 10.7. The first-order chi connectivity index (χ1) is 25.0. The second-order valence-electron chi connectivity index (χ2n) is 14.4. The number of hydrogen-bond donors (Lipinski definition) is 1. The van der Waals surface area contributed by atoms with Crippen molar-refractivity contribution < 1.29 is 28.9 Å². The van der Waals surface area contributed by atoms with Crippen LogP contribution in [0, 0.1) is 10.8 Å². The van der Waals surface area contributed by atoms with Crippen LogP contribution in [0.3, 0.4) is 0 Å². The van der Waals surface area contributed by atoms with Crippen molar-refractivity contribution in [2.75, 3.05) is 21.3 Å². The number of aryl methyl sites for hydroxylation is 2. The zero-order valence-electron chi connectivity index (χ0n) is 30.7. The molecular weight excluding hydrogens is 750 g/mol. The lowest BCUT2D eigenvalue weighted by Crippen LogP contribution is -2.61. The second kappa shape index (κ2) is 12.5. The number of allylic oxidation sites excluding steroid dienone is 4.